The Balaban J connectivity index is 1.79. The third-order valence-electron chi connectivity index (χ3n) is 6.13. The van der Waals surface area contributed by atoms with Gasteiger partial charge in [0.25, 0.3) is 0 Å². The first-order chi connectivity index (χ1) is 17.1. The van der Waals surface area contributed by atoms with E-state index in [1.54, 1.807) is 0 Å². The van der Waals surface area contributed by atoms with Gasteiger partial charge in [0.05, 0.1) is 0 Å². The molecule has 0 unspecified atom stereocenters. The minimum atomic E-state index is -3.65. The van der Waals surface area contributed by atoms with Gasteiger partial charge in [0.15, 0.2) is 0 Å². The predicted octanol–water partition coefficient (Wildman–Crippen LogP) is 8.12. The molecule has 5 rings (SSSR count). The standard InChI is InChI=1S/C31H29O3P/c1-23-13-4-9-19-28(23)32-35(33-29-20-10-5-14-24(29)2,34-30-21-11-6-15-25(30)3)31-22-12-17-26-16-7-8-18-27(26)31/h4-22,35H,1-3H3. The van der Waals surface area contributed by atoms with E-state index in [1.807, 2.05) is 112 Å². The molecule has 5 aromatic carbocycles. The Morgan fingerprint density at radius 3 is 1.31 bits per heavy atom. The molecule has 0 aliphatic carbocycles. The zero-order valence-corrected chi connectivity index (χ0v) is 21.2. The zero-order chi connectivity index (χ0) is 24.3. The van der Waals surface area contributed by atoms with Gasteiger partial charge in [-0.2, -0.15) is 0 Å². The summed E-state index contributed by atoms with van der Waals surface area (Å²) >= 11 is 0. The third-order valence-corrected chi connectivity index (χ3v) is 8.69. The fourth-order valence-corrected chi connectivity index (χ4v) is 7.04. The summed E-state index contributed by atoms with van der Waals surface area (Å²) in [6.07, 6.45) is 0. The monoisotopic (exact) mass is 480 g/mol. The van der Waals surface area contributed by atoms with Crippen LogP contribution in [0.5, 0.6) is 17.2 Å². The molecular weight excluding hydrogens is 451 g/mol. The van der Waals surface area contributed by atoms with Crippen LogP contribution in [0.3, 0.4) is 0 Å². The summed E-state index contributed by atoms with van der Waals surface area (Å²) in [6.45, 7) is 6.12. The van der Waals surface area contributed by atoms with Gasteiger partial charge in [-0.3, -0.25) is 0 Å². The van der Waals surface area contributed by atoms with Gasteiger partial charge in [-0.05, 0) is 0 Å². The van der Waals surface area contributed by atoms with Crippen molar-refractivity contribution < 1.29 is 13.6 Å². The second-order valence-electron chi connectivity index (χ2n) is 8.69. The number of benzene rings is 5. The van der Waals surface area contributed by atoms with Crippen molar-refractivity contribution in [3.63, 3.8) is 0 Å². The molecule has 0 atom stereocenters. The molecule has 0 aromatic heterocycles. The van der Waals surface area contributed by atoms with Crippen LogP contribution in [-0.2, 0) is 0 Å². The Bertz CT molecular complexity index is 1360. The van der Waals surface area contributed by atoms with Crippen LogP contribution in [-0.4, -0.2) is 0 Å². The van der Waals surface area contributed by atoms with Crippen LogP contribution in [0, 0.1) is 20.8 Å². The first kappa shape index (κ1) is 23.0. The molecule has 35 heavy (non-hydrogen) atoms. The summed E-state index contributed by atoms with van der Waals surface area (Å²) in [6, 6.07) is 38.5. The fraction of sp³-hybridized carbons (Fsp3) is 0.0968. The molecule has 0 radical (unpaired) electrons. The predicted molar refractivity (Wildman–Crippen MR) is 147 cm³/mol. The third kappa shape index (κ3) is 4.73. The Hall–Kier alpha value is -3.81. The van der Waals surface area contributed by atoms with Crippen LogP contribution in [0.25, 0.3) is 10.8 Å². The summed E-state index contributed by atoms with van der Waals surface area (Å²) in [5, 5.41) is 3.08. The number of para-hydroxylation sites is 3. The van der Waals surface area contributed by atoms with E-state index in [-0.39, 0.29) is 0 Å². The molecule has 0 aliphatic heterocycles. The molecule has 3 nitrogen and oxygen atoms in total. The maximum absolute atomic E-state index is 6.94. The second kappa shape index (κ2) is 9.82. The van der Waals surface area contributed by atoms with Gasteiger partial charge < -0.3 is 0 Å². The van der Waals surface area contributed by atoms with Gasteiger partial charge in [-0.15, -0.1) is 0 Å². The van der Waals surface area contributed by atoms with Gasteiger partial charge in [0, 0.05) is 0 Å². The Morgan fingerprint density at radius 2 is 0.829 bits per heavy atom. The Kier molecular flexibility index (Phi) is 6.44. The molecule has 0 spiro atoms. The van der Waals surface area contributed by atoms with E-state index in [0.29, 0.717) is 0 Å². The van der Waals surface area contributed by atoms with E-state index < -0.39 is 7.94 Å². The maximum atomic E-state index is 6.94. The molecule has 0 N–H and O–H groups in total. The van der Waals surface area contributed by atoms with E-state index in [2.05, 4.69) is 24.3 Å². The number of rotatable bonds is 7. The van der Waals surface area contributed by atoms with Crippen molar-refractivity contribution in [1.29, 1.82) is 0 Å². The van der Waals surface area contributed by atoms with Crippen molar-refractivity contribution in [3.8, 4) is 17.2 Å². The van der Waals surface area contributed by atoms with Crippen LogP contribution in [0.4, 0.5) is 0 Å². The van der Waals surface area contributed by atoms with Crippen molar-refractivity contribution in [2.24, 2.45) is 0 Å². The normalized spacial score (nSPS) is 11.7. The van der Waals surface area contributed by atoms with E-state index in [1.165, 1.54) is 0 Å². The van der Waals surface area contributed by atoms with E-state index in [0.717, 1.165) is 50.0 Å². The van der Waals surface area contributed by atoms with Crippen molar-refractivity contribution in [3.05, 3.63) is 132 Å². The second-order valence-corrected chi connectivity index (χ2v) is 10.9. The molecule has 0 amide bonds. The average molecular weight is 481 g/mol. The summed E-state index contributed by atoms with van der Waals surface area (Å²) < 4.78 is 20.8. The van der Waals surface area contributed by atoms with Crippen molar-refractivity contribution in [1.82, 2.24) is 0 Å². The van der Waals surface area contributed by atoms with Gasteiger partial charge >= 0.3 is 208 Å². The first-order valence-corrected chi connectivity index (χ1v) is 13.5. The molecule has 0 saturated carbocycles. The van der Waals surface area contributed by atoms with E-state index >= 15 is 0 Å². The number of fused-ring (bicyclic) bond motifs is 1. The van der Waals surface area contributed by atoms with Crippen LogP contribution in [0.1, 0.15) is 16.7 Å². The summed E-state index contributed by atoms with van der Waals surface area (Å²) in [5.41, 5.74) is 3.06. The Morgan fingerprint density at radius 1 is 0.429 bits per heavy atom. The van der Waals surface area contributed by atoms with Gasteiger partial charge in [-0.1, -0.05) is 0 Å². The van der Waals surface area contributed by atoms with Gasteiger partial charge in [0.1, 0.15) is 0 Å². The SMILES string of the molecule is Cc1ccccc1O[PH](Oc1ccccc1C)(Oc1ccccc1C)c1cccc2ccccc12. The van der Waals surface area contributed by atoms with E-state index in [4.69, 9.17) is 13.6 Å². The van der Waals surface area contributed by atoms with Gasteiger partial charge in [0.2, 0.25) is 0 Å². The van der Waals surface area contributed by atoms with Crippen molar-refractivity contribution in [2.75, 3.05) is 0 Å². The molecule has 0 heterocycles. The molecule has 0 saturated heterocycles. The summed E-state index contributed by atoms with van der Waals surface area (Å²) in [4.78, 5) is 0. The van der Waals surface area contributed by atoms with Crippen LogP contribution >= 0.6 is 7.94 Å². The number of aryl methyl sites for hydroxylation is 3. The molecule has 176 valence electrons. The van der Waals surface area contributed by atoms with Crippen LogP contribution in [0.15, 0.2) is 115 Å². The molecule has 0 fully saturated rings. The quantitative estimate of drug-likeness (QED) is 0.220. The first-order valence-electron chi connectivity index (χ1n) is 11.8. The summed E-state index contributed by atoms with van der Waals surface area (Å²) in [7, 11) is -3.65. The van der Waals surface area contributed by atoms with E-state index in [9.17, 15) is 0 Å². The molecule has 4 heteroatoms. The van der Waals surface area contributed by atoms with Crippen LogP contribution in [0.2, 0.25) is 0 Å². The van der Waals surface area contributed by atoms with Crippen molar-refractivity contribution in [2.45, 2.75) is 20.8 Å². The average Bonchev–Trinajstić information content (AvgIpc) is 2.88. The molecule has 0 bridgehead atoms. The topological polar surface area (TPSA) is 27.7 Å². The minimum absolute atomic E-state index is 0.745. The fourth-order valence-electron chi connectivity index (χ4n) is 4.17. The Labute approximate surface area is 207 Å². The molecule has 5 aromatic rings. The summed E-state index contributed by atoms with van der Waals surface area (Å²) in [5.74, 6) is 2.23. The zero-order valence-electron chi connectivity index (χ0n) is 20.2. The molecular formula is C31H29O3P. The van der Waals surface area contributed by atoms with Crippen LogP contribution < -0.4 is 18.9 Å². The van der Waals surface area contributed by atoms with Crippen molar-refractivity contribution >= 4 is 24.0 Å². The number of hydrogen-bond acceptors (Lipinski definition) is 3. The van der Waals surface area contributed by atoms with Gasteiger partial charge in [-0.25, -0.2) is 0 Å². The molecule has 0 aliphatic rings. The number of hydrogen-bond donors (Lipinski definition) is 0.